The lowest BCUT2D eigenvalue weighted by Gasteiger charge is -2.19. The molecule has 0 saturated heterocycles. The molecule has 0 aliphatic carbocycles. The maximum atomic E-state index is 12.1. The van der Waals surface area contributed by atoms with Crippen molar-refractivity contribution in [3.63, 3.8) is 0 Å². The van der Waals surface area contributed by atoms with Crippen LogP contribution >= 0.6 is 0 Å². The van der Waals surface area contributed by atoms with Gasteiger partial charge in [-0.25, -0.2) is 0 Å². The molecule has 0 radical (unpaired) electrons. The van der Waals surface area contributed by atoms with Crippen LogP contribution in [0, 0.1) is 13.8 Å². The molecule has 3 nitrogen and oxygen atoms in total. The van der Waals surface area contributed by atoms with E-state index in [2.05, 4.69) is 43.5 Å². The monoisotopic (exact) mass is 310 g/mol. The Morgan fingerprint density at radius 3 is 2.26 bits per heavy atom. The Kier molecular flexibility index (Phi) is 5.09. The molecule has 0 unspecified atom stereocenters. The molecule has 23 heavy (non-hydrogen) atoms. The normalized spacial score (nSPS) is 11.2. The number of carbonyl (C=O) groups excluding carboxylic acids is 1. The van der Waals surface area contributed by atoms with Crippen LogP contribution in [-0.4, -0.2) is 12.5 Å². The summed E-state index contributed by atoms with van der Waals surface area (Å²) in [6, 6.07) is 14.3. The second-order valence-electron chi connectivity index (χ2n) is 7.05. The van der Waals surface area contributed by atoms with Gasteiger partial charge in [-0.2, -0.15) is 0 Å². The molecule has 2 rings (SSSR count). The third kappa shape index (κ3) is 4.85. The molecule has 2 aromatic carbocycles. The molecular formula is C20H26N2O. The van der Waals surface area contributed by atoms with Crippen molar-refractivity contribution in [2.45, 2.75) is 40.0 Å². The molecule has 122 valence electrons. The van der Waals surface area contributed by atoms with Gasteiger partial charge in [0.1, 0.15) is 0 Å². The number of amides is 1. The fourth-order valence-electron chi connectivity index (χ4n) is 2.34. The Morgan fingerprint density at radius 1 is 1.00 bits per heavy atom. The summed E-state index contributed by atoms with van der Waals surface area (Å²) in [7, 11) is 0. The topological polar surface area (TPSA) is 41.1 Å². The molecule has 3 heteroatoms. The summed E-state index contributed by atoms with van der Waals surface area (Å²) in [5, 5.41) is 6.12. The Morgan fingerprint density at radius 2 is 1.65 bits per heavy atom. The van der Waals surface area contributed by atoms with E-state index < -0.39 is 0 Å². The zero-order valence-electron chi connectivity index (χ0n) is 14.7. The van der Waals surface area contributed by atoms with Crippen LogP contribution in [0.25, 0.3) is 0 Å². The van der Waals surface area contributed by atoms with Crippen LogP contribution in [-0.2, 0) is 10.2 Å². The highest BCUT2D eigenvalue weighted by atomic mass is 16.1. The predicted octanol–water partition coefficient (Wildman–Crippen LogP) is 4.65. The molecule has 0 bridgehead atoms. The van der Waals surface area contributed by atoms with Crippen molar-refractivity contribution in [1.82, 2.24) is 0 Å². The molecule has 0 aliphatic heterocycles. The van der Waals surface area contributed by atoms with E-state index >= 15 is 0 Å². The van der Waals surface area contributed by atoms with E-state index in [1.807, 2.05) is 44.2 Å². The lowest BCUT2D eigenvalue weighted by Crippen LogP contribution is -2.22. The van der Waals surface area contributed by atoms with Gasteiger partial charge in [-0.1, -0.05) is 45.0 Å². The van der Waals surface area contributed by atoms with Gasteiger partial charge < -0.3 is 10.6 Å². The molecule has 0 saturated carbocycles. The second kappa shape index (κ2) is 6.86. The van der Waals surface area contributed by atoms with Crippen molar-refractivity contribution in [3.8, 4) is 0 Å². The number of carbonyl (C=O) groups is 1. The Balaban J connectivity index is 1.93. The molecule has 2 aromatic rings. The average Bonchev–Trinajstić information content (AvgIpc) is 2.48. The van der Waals surface area contributed by atoms with Gasteiger partial charge in [0, 0.05) is 11.4 Å². The Bertz CT molecular complexity index is 682. The van der Waals surface area contributed by atoms with Gasteiger partial charge in [0.05, 0.1) is 6.54 Å². The highest BCUT2D eigenvalue weighted by Crippen LogP contribution is 2.23. The van der Waals surface area contributed by atoms with E-state index in [1.165, 1.54) is 5.56 Å². The number of aryl methyl sites for hydroxylation is 2. The van der Waals surface area contributed by atoms with Crippen LogP contribution in [0.2, 0.25) is 0 Å². The number of hydrogen-bond acceptors (Lipinski definition) is 2. The first kappa shape index (κ1) is 17.1. The molecule has 0 aromatic heterocycles. The van der Waals surface area contributed by atoms with Crippen LogP contribution in [0.4, 0.5) is 11.4 Å². The van der Waals surface area contributed by atoms with Crippen LogP contribution in [0.15, 0.2) is 42.5 Å². The Labute approximate surface area is 139 Å². The minimum absolute atomic E-state index is 0.0430. The summed E-state index contributed by atoms with van der Waals surface area (Å²) in [6.45, 7) is 10.8. The van der Waals surface area contributed by atoms with E-state index in [0.29, 0.717) is 0 Å². The number of nitrogens with one attached hydrogen (secondary N) is 2. The minimum atomic E-state index is -0.0430. The molecule has 0 aliphatic rings. The summed E-state index contributed by atoms with van der Waals surface area (Å²) in [6.07, 6.45) is 0. The number of rotatable bonds is 4. The van der Waals surface area contributed by atoms with Gasteiger partial charge in [0.2, 0.25) is 5.91 Å². The van der Waals surface area contributed by atoms with Crippen molar-refractivity contribution < 1.29 is 4.79 Å². The lowest BCUT2D eigenvalue weighted by atomic mass is 9.87. The minimum Gasteiger partial charge on any atom is -0.376 e. The highest BCUT2D eigenvalue weighted by Gasteiger charge is 2.13. The lowest BCUT2D eigenvalue weighted by molar-refractivity contribution is -0.114. The smallest absolute Gasteiger partial charge is 0.243 e. The zero-order chi connectivity index (χ0) is 17.0. The van der Waals surface area contributed by atoms with Crippen molar-refractivity contribution in [2.75, 3.05) is 17.2 Å². The van der Waals surface area contributed by atoms with E-state index in [0.717, 1.165) is 22.5 Å². The summed E-state index contributed by atoms with van der Waals surface area (Å²) < 4.78 is 0. The predicted molar refractivity (Wildman–Crippen MR) is 98.2 cm³/mol. The van der Waals surface area contributed by atoms with Crippen LogP contribution in [0.5, 0.6) is 0 Å². The first-order chi connectivity index (χ1) is 10.8. The van der Waals surface area contributed by atoms with E-state index in [-0.39, 0.29) is 17.9 Å². The summed E-state index contributed by atoms with van der Waals surface area (Å²) in [4.78, 5) is 12.1. The molecule has 2 N–H and O–H groups in total. The molecule has 0 heterocycles. The molecule has 0 fully saturated rings. The van der Waals surface area contributed by atoms with Crippen LogP contribution < -0.4 is 10.6 Å². The molecule has 1 amide bonds. The van der Waals surface area contributed by atoms with Crippen molar-refractivity contribution in [2.24, 2.45) is 0 Å². The Hall–Kier alpha value is -2.29. The first-order valence-corrected chi connectivity index (χ1v) is 7.97. The van der Waals surface area contributed by atoms with E-state index in [1.54, 1.807) is 0 Å². The molecule has 0 atom stereocenters. The number of benzene rings is 2. The summed E-state index contributed by atoms with van der Waals surface area (Å²) >= 11 is 0. The van der Waals surface area contributed by atoms with Gasteiger partial charge in [-0.3, -0.25) is 4.79 Å². The average molecular weight is 310 g/mol. The van der Waals surface area contributed by atoms with Crippen molar-refractivity contribution in [3.05, 3.63) is 59.2 Å². The quantitative estimate of drug-likeness (QED) is 0.863. The van der Waals surface area contributed by atoms with E-state index in [9.17, 15) is 4.79 Å². The van der Waals surface area contributed by atoms with Crippen LogP contribution in [0.1, 0.15) is 37.5 Å². The largest absolute Gasteiger partial charge is 0.376 e. The van der Waals surface area contributed by atoms with Gasteiger partial charge in [-0.15, -0.1) is 0 Å². The zero-order valence-corrected chi connectivity index (χ0v) is 14.7. The van der Waals surface area contributed by atoms with Gasteiger partial charge in [-0.05, 0) is 54.2 Å². The number of hydrogen-bond donors (Lipinski definition) is 2. The first-order valence-electron chi connectivity index (χ1n) is 7.97. The second-order valence-corrected chi connectivity index (χ2v) is 7.05. The number of anilines is 2. The van der Waals surface area contributed by atoms with E-state index in [4.69, 9.17) is 0 Å². The van der Waals surface area contributed by atoms with Crippen LogP contribution in [0.3, 0.4) is 0 Å². The van der Waals surface area contributed by atoms with Crippen molar-refractivity contribution in [1.29, 1.82) is 0 Å². The van der Waals surface area contributed by atoms with Gasteiger partial charge in [0.15, 0.2) is 0 Å². The van der Waals surface area contributed by atoms with Gasteiger partial charge >= 0.3 is 0 Å². The highest BCUT2D eigenvalue weighted by molar-refractivity contribution is 5.94. The maximum Gasteiger partial charge on any atom is 0.243 e. The summed E-state index contributed by atoms with van der Waals surface area (Å²) in [5.74, 6) is -0.0430. The standard InChI is InChI=1S/C20H26N2O/c1-14-6-7-15(2)18(12-14)22-19(23)13-21-17-10-8-16(9-11-17)20(3,4)5/h6-12,21H,13H2,1-5H3,(H,22,23). The fourth-order valence-corrected chi connectivity index (χ4v) is 2.34. The SMILES string of the molecule is Cc1ccc(C)c(NC(=O)CNc2ccc(C(C)(C)C)cc2)c1. The van der Waals surface area contributed by atoms with Crippen molar-refractivity contribution >= 4 is 17.3 Å². The fraction of sp³-hybridized carbons (Fsp3) is 0.350. The third-order valence-electron chi connectivity index (χ3n) is 3.87. The summed E-state index contributed by atoms with van der Waals surface area (Å²) in [5.41, 5.74) is 5.45. The molecular weight excluding hydrogens is 284 g/mol. The third-order valence-corrected chi connectivity index (χ3v) is 3.87. The maximum absolute atomic E-state index is 12.1. The van der Waals surface area contributed by atoms with Gasteiger partial charge in [0.25, 0.3) is 0 Å². The molecule has 0 spiro atoms.